The Morgan fingerprint density at radius 1 is 1.08 bits per heavy atom. The summed E-state index contributed by atoms with van der Waals surface area (Å²) in [6.45, 7) is 1.62. The lowest BCUT2D eigenvalue weighted by molar-refractivity contribution is -0.145. The Bertz CT molecular complexity index is 631. The predicted octanol–water partition coefficient (Wildman–Crippen LogP) is 4.25. The summed E-state index contributed by atoms with van der Waals surface area (Å²) in [5, 5.41) is 9.88. The normalized spacial score (nSPS) is 20.3. The molecule has 1 aliphatic heterocycles. The lowest BCUT2D eigenvalue weighted by Crippen LogP contribution is -2.39. The van der Waals surface area contributed by atoms with Gasteiger partial charge in [0.25, 0.3) is 5.92 Å². The van der Waals surface area contributed by atoms with Crippen molar-refractivity contribution in [3.05, 3.63) is 23.3 Å². The van der Waals surface area contributed by atoms with Gasteiger partial charge in [-0.15, -0.1) is 0 Å². The van der Waals surface area contributed by atoms with Gasteiger partial charge in [-0.1, -0.05) is 19.3 Å². The molecule has 3 rings (SSSR count). The minimum absolute atomic E-state index is 0.173. The second-order valence-electron chi connectivity index (χ2n) is 6.73. The molecular weight excluding hydrogens is 318 g/mol. The summed E-state index contributed by atoms with van der Waals surface area (Å²) in [4.78, 5) is 12.1. The molecule has 1 heterocycles. The average Bonchev–Trinajstić information content (AvgIpc) is 2.78. The van der Waals surface area contributed by atoms with E-state index in [0.717, 1.165) is 26.2 Å². The van der Waals surface area contributed by atoms with Crippen LogP contribution < -0.4 is 9.47 Å². The van der Waals surface area contributed by atoms with E-state index in [4.69, 9.17) is 9.47 Å². The van der Waals surface area contributed by atoms with Gasteiger partial charge in [0, 0.05) is 18.9 Å². The summed E-state index contributed by atoms with van der Waals surface area (Å²) in [6.07, 6.45) is 3.75. The van der Waals surface area contributed by atoms with Crippen LogP contribution in [-0.4, -0.2) is 24.3 Å². The molecule has 1 aliphatic carbocycles. The number of carboxylic acids is 1. The molecule has 132 valence electrons. The first-order valence-electron chi connectivity index (χ1n) is 8.40. The fourth-order valence-electron chi connectivity index (χ4n) is 3.72. The van der Waals surface area contributed by atoms with E-state index < -0.39 is 17.3 Å². The van der Waals surface area contributed by atoms with Crippen LogP contribution in [-0.2, 0) is 16.1 Å². The smallest absolute Gasteiger partial charge is 0.314 e. The number of carboxylic acid groups (broad SMARTS) is 1. The number of ether oxygens (including phenoxy) is 2. The van der Waals surface area contributed by atoms with Gasteiger partial charge in [0.15, 0.2) is 11.5 Å². The molecule has 24 heavy (non-hydrogen) atoms. The van der Waals surface area contributed by atoms with Crippen molar-refractivity contribution in [1.29, 1.82) is 0 Å². The molecule has 1 N–H and O–H groups in total. The number of fused-ring (bicyclic) bond motifs is 1. The Kier molecular flexibility index (Phi) is 4.40. The van der Waals surface area contributed by atoms with Crippen LogP contribution in [0, 0.1) is 0 Å². The number of hydrogen-bond donors (Lipinski definition) is 1. The average molecular weight is 340 g/mol. The lowest BCUT2D eigenvalue weighted by Gasteiger charge is -2.36. The monoisotopic (exact) mass is 340 g/mol. The van der Waals surface area contributed by atoms with Crippen LogP contribution in [0.3, 0.4) is 0 Å². The molecule has 2 aliphatic rings. The molecule has 0 unspecified atom stereocenters. The van der Waals surface area contributed by atoms with Crippen molar-refractivity contribution in [3.8, 4) is 11.5 Å². The number of hydrogen-bond acceptors (Lipinski definition) is 3. The Balaban J connectivity index is 2.20. The summed E-state index contributed by atoms with van der Waals surface area (Å²) >= 11 is 0. The summed E-state index contributed by atoms with van der Waals surface area (Å²) in [7, 11) is 0. The molecule has 1 saturated carbocycles. The van der Waals surface area contributed by atoms with Crippen LogP contribution in [0.4, 0.5) is 8.78 Å². The molecule has 0 radical (unpaired) electrons. The van der Waals surface area contributed by atoms with Crippen LogP contribution in [0.25, 0.3) is 0 Å². The molecule has 1 aromatic carbocycles. The molecule has 4 nitrogen and oxygen atoms in total. The van der Waals surface area contributed by atoms with Gasteiger partial charge in [0.1, 0.15) is 0 Å². The van der Waals surface area contributed by atoms with Crippen LogP contribution in [0.2, 0.25) is 0 Å². The van der Waals surface area contributed by atoms with E-state index in [2.05, 4.69) is 0 Å². The summed E-state index contributed by atoms with van der Waals surface area (Å²) < 4.78 is 39.7. The van der Waals surface area contributed by atoms with Gasteiger partial charge >= 0.3 is 5.97 Å². The van der Waals surface area contributed by atoms with Crippen LogP contribution in [0.1, 0.15) is 56.6 Å². The van der Waals surface area contributed by atoms with Gasteiger partial charge in [-0.3, -0.25) is 4.79 Å². The van der Waals surface area contributed by atoms with E-state index >= 15 is 0 Å². The fourth-order valence-corrected chi connectivity index (χ4v) is 3.72. The quantitative estimate of drug-likeness (QED) is 0.894. The third-order valence-electron chi connectivity index (χ3n) is 4.99. The standard InChI is InChI=1S/C18H22F2O4/c1-17(19,20)12-10-14-15(24-9-5-8-23-14)11-13(12)18(16(21)22)6-3-2-4-7-18/h10-11H,2-9H2,1H3,(H,21,22). The summed E-state index contributed by atoms with van der Waals surface area (Å²) in [5.41, 5.74) is -1.37. The minimum Gasteiger partial charge on any atom is -0.490 e. The van der Waals surface area contributed by atoms with Crippen molar-refractivity contribution < 1.29 is 28.2 Å². The molecule has 0 aromatic heterocycles. The van der Waals surface area contributed by atoms with Gasteiger partial charge in [-0.2, -0.15) is 0 Å². The SMILES string of the molecule is CC(F)(F)c1cc2c(cc1C1(C(=O)O)CCCCC1)OCCCO2. The minimum atomic E-state index is -3.15. The molecule has 0 saturated heterocycles. The highest BCUT2D eigenvalue weighted by molar-refractivity contribution is 5.83. The maximum Gasteiger partial charge on any atom is 0.314 e. The van der Waals surface area contributed by atoms with Gasteiger partial charge < -0.3 is 14.6 Å². The largest absolute Gasteiger partial charge is 0.490 e. The van der Waals surface area contributed by atoms with E-state index in [0.29, 0.717) is 38.2 Å². The molecule has 1 aromatic rings. The summed E-state index contributed by atoms with van der Waals surface area (Å²) in [5.74, 6) is -3.56. The first-order valence-corrected chi connectivity index (χ1v) is 8.40. The second kappa shape index (κ2) is 6.22. The van der Waals surface area contributed by atoms with E-state index in [1.54, 1.807) is 0 Å². The molecule has 0 spiro atoms. The van der Waals surface area contributed by atoms with Crippen molar-refractivity contribution in [2.75, 3.05) is 13.2 Å². The van der Waals surface area contributed by atoms with Gasteiger partial charge in [-0.05, 0) is 30.5 Å². The van der Waals surface area contributed by atoms with Crippen LogP contribution in [0.15, 0.2) is 12.1 Å². The highest BCUT2D eigenvalue weighted by atomic mass is 19.3. The number of rotatable bonds is 3. The Morgan fingerprint density at radius 2 is 1.67 bits per heavy atom. The highest BCUT2D eigenvalue weighted by Gasteiger charge is 2.46. The fraction of sp³-hybridized carbons (Fsp3) is 0.611. The van der Waals surface area contributed by atoms with Gasteiger partial charge in [-0.25, -0.2) is 8.78 Å². The second-order valence-corrected chi connectivity index (χ2v) is 6.73. The first kappa shape index (κ1) is 17.0. The highest BCUT2D eigenvalue weighted by Crippen LogP contribution is 2.48. The Hall–Kier alpha value is -1.85. The van der Waals surface area contributed by atoms with Crippen LogP contribution in [0.5, 0.6) is 11.5 Å². The van der Waals surface area contributed by atoms with Crippen molar-refractivity contribution in [1.82, 2.24) is 0 Å². The zero-order chi connectivity index (χ0) is 17.4. The molecular formula is C18H22F2O4. The molecule has 0 amide bonds. The van der Waals surface area contributed by atoms with Crippen molar-refractivity contribution in [2.45, 2.75) is 56.8 Å². The first-order chi connectivity index (χ1) is 11.3. The number of aliphatic carboxylic acids is 1. The van der Waals surface area contributed by atoms with E-state index in [1.807, 2.05) is 0 Å². The van der Waals surface area contributed by atoms with Crippen molar-refractivity contribution >= 4 is 5.97 Å². The lowest BCUT2D eigenvalue weighted by atomic mass is 9.67. The molecule has 0 bridgehead atoms. The zero-order valence-corrected chi connectivity index (χ0v) is 13.7. The number of halogens is 2. The molecule has 1 fully saturated rings. The Morgan fingerprint density at radius 3 is 2.21 bits per heavy atom. The van der Waals surface area contributed by atoms with Crippen molar-refractivity contribution in [2.24, 2.45) is 0 Å². The van der Waals surface area contributed by atoms with E-state index in [1.165, 1.54) is 12.1 Å². The van der Waals surface area contributed by atoms with Gasteiger partial charge in [0.05, 0.1) is 18.6 Å². The molecule has 6 heteroatoms. The number of alkyl halides is 2. The van der Waals surface area contributed by atoms with Crippen molar-refractivity contribution in [3.63, 3.8) is 0 Å². The zero-order valence-electron chi connectivity index (χ0n) is 13.7. The number of benzene rings is 1. The topological polar surface area (TPSA) is 55.8 Å². The third-order valence-corrected chi connectivity index (χ3v) is 4.99. The maximum absolute atomic E-state index is 14.3. The summed E-state index contributed by atoms with van der Waals surface area (Å²) in [6, 6.07) is 2.75. The Labute approximate surface area is 139 Å². The van der Waals surface area contributed by atoms with Gasteiger partial charge in [0.2, 0.25) is 0 Å². The van der Waals surface area contributed by atoms with E-state index in [9.17, 15) is 18.7 Å². The van der Waals surface area contributed by atoms with Crippen LogP contribution >= 0.6 is 0 Å². The third kappa shape index (κ3) is 2.94. The predicted molar refractivity (Wildman–Crippen MR) is 84.0 cm³/mol. The number of carbonyl (C=O) groups is 1. The van der Waals surface area contributed by atoms with E-state index in [-0.39, 0.29) is 16.9 Å². The maximum atomic E-state index is 14.3. The molecule has 0 atom stereocenters.